The van der Waals surface area contributed by atoms with Crippen LogP contribution in [0.1, 0.15) is 0 Å². The molecule has 0 fully saturated rings. The van der Waals surface area contributed by atoms with Crippen LogP contribution in [0, 0.1) is 0 Å². The Morgan fingerprint density at radius 3 is 0.778 bits per heavy atom. The second-order valence-corrected chi connectivity index (χ2v) is 1.22. The third-order valence-electron chi connectivity index (χ3n) is 0. The molecule has 0 aliphatic rings. The summed E-state index contributed by atoms with van der Waals surface area (Å²) in [5.41, 5.74) is 0. The van der Waals surface area contributed by atoms with Crippen molar-refractivity contribution in [2.24, 2.45) is 0 Å². The molecule has 0 aromatic rings. The van der Waals surface area contributed by atoms with E-state index in [4.69, 9.17) is 26.6 Å². The SMILES string of the molecule is O=S([O-])[O-].O=S([O-])[O-].[Mo+4]. The molecule has 0 aliphatic heterocycles. The summed E-state index contributed by atoms with van der Waals surface area (Å²) in [4.78, 5) is 0. The molecular formula is MoO6S2. The molecule has 0 amide bonds. The molecule has 0 aromatic heterocycles. The van der Waals surface area contributed by atoms with E-state index in [1.807, 2.05) is 0 Å². The van der Waals surface area contributed by atoms with Gasteiger partial charge in [-0.05, 0) is 0 Å². The van der Waals surface area contributed by atoms with Gasteiger partial charge in [0.25, 0.3) is 0 Å². The van der Waals surface area contributed by atoms with E-state index < -0.39 is 22.7 Å². The summed E-state index contributed by atoms with van der Waals surface area (Å²) < 4.78 is 50.7. The van der Waals surface area contributed by atoms with Crippen molar-refractivity contribution in [2.75, 3.05) is 0 Å². The Balaban J connectivity index is -0.0000000720. The zero-order chi connectivity index (χ0) is 7.15. The molecule has 0 atom stereocenters. The fourth-order valence-corrected chi connectivity index (χ4v) is 0. The quantitative estimate of drug-likeness (QED) is 0.364. The summed E-state index contributed by atoms with van der Waals surface area (Å²) in [5, 5.41) is 0. The molecule has 0 spiro atoms. The second kappa shape index (κ2) is 11.6. The average Bonchev–Trinajstić information content (AvgIpc) is 1.25. The molecule has 0 N–H and O–H groups in total. The van der Waals surface area contributed by atoms with E-state index in [1.165, 1.54) is 0 Å². The maximum atomic E-state index is 8.44. The fourth-order valence-electron chi connectivity index (χ4n) is 0. The van der Waals surface area contributed by atoms with Gasteiger partial charge in [-0.2, -0.15) is 0 Å². The Morgan fingerprint density at radius 1 is 0.778 bits per heavy atom. The molecule has 54 valence electrons. The molecule has 0 unspecified atom stereocenters. The maximum Gasteiger partial charge on any atom is 4.00 e. The zero-order valence-corrected chi connectivity index (χ0v) is 7.31. The van der Waals surface area contributed by atoms with Gasteiger partial charge in [0.2, 0.25) is 0 Å². The molecular weight excluding hydrogens is 256 g/mol. The molecule has 0 aromatic carbocycles. The van der Waals surface area contributed by atoms with Gasteiger partial charge in [-0.3, -0.25) is 8.42 Å². The van der Waals surface area contributed by atoms with Crippen molar-refractivity contribution in [3.8, 4) is 0 Å². The van der Waals surface area contributed by atoms with Crippen LogP contribution in [0.25, 0.3) is 0 Å². The normalized spacial score (nSPS) is 7.78. The Kier molecular flexibility index (Phi) is 21.2. The van der Waals surface area contributed by atoms with Crippen molar-refractivity contribution in [1.29, 1.82) is 0 Å². The van der Waals surface area contributed by atoms with E-state index in [0.717, 1.165) is 0 Å². The summed E-state index contributed by atoms with van der Waals surface area (Å²) in [6, 6.07) is 0. The summed E-state index contributed by atoms with van der Waals surface area (Å²) in [6.07, 6.45) is 0. The molecule has 9 heteroatoms. The van der Waals surface area contributed by atoms with Gasteiger partial charge in [0.1, 0.15) is 0 Å². The van der Waals surface area contributed by atoms with Gasteiger partial charge < -0.3 is 18.2 Å². The van der Waals surface area contributed by atoms with Crippen LogP contribution < -0.4 is 0 Å². The third kappa shape index (κ3) is 600. The first-order valence-corrected chi connectivity index (χ1v) is 3.00. The van der Waals surface area contributed by atoms with Gasteiger partial charge in [-0.15, -0.1) is 22.7 Å². The molecule has 0 radical (unpaired) electrons. The second-order valence-electron chi connectivity index (χ2n) is 0.408. The first-order chi connectivity index (χ1) is 3.46. The first-order valence-electron chi connectivity index (χ1n) is 1.00. The molecule has 0 aliphatic carbocycles. The van der Waals surface area contributed by atoms with Crippen LogP contribution in [0.2, 0.25) is 0 Å². The molecule has 0 bridgehead atoms. The van der Waals surface area contributed by atoms with Gasteiger partial charge in [-0.25, -0.2) is 0 Å². The predicted molar refractivity (Wildman–Crippen MR) is 19.4 cm³/mol. The fraction of sp³-hybridized carbons (Fsp3) is 0. The Labute approximate surface area is 70.5 Å². The molecule has 0 rings (SSSR count). The number of rotatable bonds is 0. The summed E-state index contributed by atoms with van der Waals surface area (Å²) in [5.74, 6) is 0. The Bertz CT molecular complexity index is 69.1. The van der Waals surface area contributed by atoms with Crippen LogP contribution in [0.15, 0.2) is 0 Å². The zero-order valence-electron chi connectivity index (χ0n) is 3.67. The number of hydrogen-bond acceptors (Lipinski definition) is 6. The van der Waals surface area contributed by atoms with Crippen molar-refractivity contribution in [3.05, 3.63) is 0 Å². The first kappa shape index (κ1) is 16.4. The standard InChI is InChI=1S/Mo.2H2O3S/c;2*1-4(2)3/h;2*(H2,1,2,3)/q+4;;/p-4. The van der Waals surface area contributed by atoms with Gasteiger partial charge in [0.05, 0.1) is 0 Å². The van der Waals surface area contributed by atoms with Crippen molar-refractivity contribution in [2.45, 2.75) is 0 Å². The van der Waals surface area contributed by atoms with Crippen LogP contribution >= 0.6 is 0 Å². The van der Waals surface area contributed by atoms with E-state index in [9.17, 15) is 0 Å². The smallest absolute Gasteiger partial charge is 0.784 e. The Morgan fingerprint density at radius 2 is 0.778 bits per heavy atom. The van der Waals surface area contributed by atoms with Crippen LogP contribution in [0.3, 0.4) is 0 Å². The van der Waals surface area contributed by atoms with Gasteiger partial charge in [0, 0.05) is 0 Å². The molecule has 6 nitrogen and oxygen atoms in total. The minimum Gasteiger partial charge on any atom is -0.784 e. The summed E-state index contributed by atoms with van der Waals surface area (Å²) in [6.45, 7) is 0. The third-order valence-corrected chi connectivity index (χ3v) is 0. The van der Waals surface area contributed by atoms with Crippen LogP contribution in [0.4, 0.5) is 0 Å². The monoisotopic (exact) mass is 258 g/mol. The summed E-state index contributed by atoms with van der Waals surface area (Å²) in [7, 11) is 0. The van der Waals surface area contributed by atoms with E-state index >= 15 is 0 Å². The molecule has 0 saturated carbocycles. The summed E-state index contributed by atoms with van der Waals surface area (Å²) >= 11 is -6.22. The average molecular weight is 256 g/mol. The van der Waals surface area contributed by atoms with Crippen LogP contribution in [-0.2, 0) is 43.8 Å². The Hall–Kier alpha value is 0.828. The number of hydrogen-bond donors (Lipinski definition) is 0. The minimum atomic E-state index is -3.11. The van der Waals surface area contributed by atoms with E-state index in [0.29, 0.717) is 0 Å². The molecule has 0 heterocycles. The van der Waals surface area contributed by atoms with Gasteiger partial charge in [-0.1, -0.05) is 0 Å². The van der Waals surface area contributed by atoms with Gasteiger partial charge >= 0.3 is 21.1 Å². The maximum absolute atomic E-state index is 8.44. The van der Waals surface area contributed by atoms with Crippen LogP contribution in [0.5, 0.6) is 0 Å². The largest absolute Gasteiger partial charge is 4.00 e. The van der Waals surface area contributed by atoms with E-state index in [-0.39, 0.29) is 21.1 Å². The van der Waals surface area contributed by atoms with Gasteiger partial charge in [0.15, 0.2) is 0 Å². The topological polar surface area (TPSA) is 126 Å². The van der Waals surface area contributed by atoms with E-state index in [2.05, 4.69) is 0 Å². The molecule has 0 saturated heterocycles. The predicted octanol–water partition coefficient (Wildman–Crippen LogP) is -2.01. The molecule has 9 heavy (non-hydrogen) atoms. The van der Waals surface area contributed by atoms with E-state index in [1.54, 1.807) is 0 Å². The van der Waals surface area contributed by atoms with Crippen molar-refractivity contribution >= 4 is 22.7 Å². The van der Waals surface area contributed by atoms with Crippen LogP contribution in [-0.4, -0.2) is 26.6 Å². The van der Waals surface area contributed by atoms with Crippen molar-refractivity contribution in [1.82, 2.24) is 0 Å². The minimum absolute atomic E-state index is 0. The van der Waals surface area contributed by atoms with Crippen molar-refractivity contribution in [3.63, 3.8) is 0 Å². The van der Waals surface area contributed by atoms with Crippen molar-refractivity contribution < 1.29 is 47.7 Å².